The van der Waals surface area contributed by atoms with Gasteiger partial charge in [0.05, 0.1) is 0 Å². The Morgan fingerprint density at radius 3 is 2.54 bits per heavy atom. The smallest absolute Gasteiger partial charge is 0.274 e. The summed E-state index contributed by atoms with van der Waals surface area (Å²) in [6.07, 6.45) is 0.816. The van der Waals surface area contributed by atoms with Crippen molar-refractivity contribution in [3.8, 4) is 0 Å². The van der Waals surface area contributed by atoms with Crippen LogP contribution in [0.3, 0.4) is 0 Å². The highest BCUT2D eigenvalue weighted by molar-refractivity contribution is 6.03. The second-order valence-corrected chi connectivity index (χ2v) is 5.78. The van der Waals surface area contributed by atoms with E-state index in [0.29, 0.717) is 17.3 Å². The van der Waals surface area contributed by atoms with Crippen LogP contribution in [0.1, 0.15) is 28.8 Å². The molecule has 0 radical (unpaired) electrons. The second kappa shape index (κ2) is 7.74. The number of carbonyl (C=O) groups is 1. The number of rotatable bonds is 5. The zero-order chi connectivity index (χ0) is 18.5. The third-order valence-electron chi connectivity index (χ3n) is 3.83. The minimum absolute atomic E-state index is 0.257. The van der Waals surface area contributed by atoms with E-state index in [4.69, 9.17) is 0 Å². The van der Waals surface area contributed by atoms with Crippen LogP contribution >= 0.6 is 0 Å². The van der Waals surface area contributed by atoms with Crippen LogP contribution in [-0.2, 0) is 6.42 Å². The van der Waals surface area contributed by atoms with Crippen LogP contribution in [-0.4, -0.2) is 15.9 Å². The summed E-state index contributed by atoms with van der Waals surface area (Å²) in [5.74, 6) is 0.312. The van der Waals surface area contributed by atoms with E-state index in [9.17, 15) is 9.18 Å². The molecule has 132 valence electrons. The number of hydrogen-bond acceptors (Lipinski definition) is 4. The van der Waals surface area contributed by atoms with Gasteiger partial charge >= 0.3 is 0 Å². The molecule has 0 aliphatic rings. The van der Waals surface area contributed by atoms with E-state index in [1.54, 1.807) is 25.1 Å². The summed E-state index contributed by atoms with van der Waals surface area (Å²) in [6, 6.07) is 15.1. The molecule has 0 aliphatic heterocycles. The van der Waals surface area contributed by atoms with Gasteiger partial charge in [-0.15, -0.1) is 0 Å². The number of carbonyl (C=O) groups excluding carboxylic acids is 1. The zero-order valence-electron chi connectivity index (χ0n) is 14.6. The Kier molecular flexibility index (Phi) is 5.22. The molecule has 26 heavy (non-hydrogen) atoms. The third kappa shape index (κ3) is 4.22. The molecule has 1 aromatic heterocycles. The van der Waals surface area contributed by atoms with Crippen molar-refractivity contribution in [2.75, 3.05) is 10.6 Å². The van der Waals surface area contributed by atoms with E-state index in [1.807, 2.05) is 31.2 Å². The summed E-state index contributed by atoms with van der Waals surface area (Å²) in [6.45, 7) is 3.75. The molecule has 2 aromatic carbocycles. The number of halogens is 1. The zero-order valence-corrected chi connectivity index (χ0v) is 14.6. The van der Waals surface area contributed by atoms with Crippen molar-refractivity contribution in [3.63, 3.8) is 0 Å². The minimum Gasteiger partial charge on any atom is -0.340 e. The van der Waals surface area contributed by atoms with Gasteiger partial charge in [-0.05, 0) is 49.2 Å². The first kappa shape index (κ1) is 17.5. The van der Waals surface area contributed by atoms with E-state index in [2.05, 4.69) is 20.6 Å². The molecule has 1 heterocycles. The number of nitrogens with one attached hydrogen (secondary N) is 2. The van der Waals surface area contributed by atoms with Gasteiger partial charge in [0.1, 0.15) is 23.2 Å². The van der Waals surface area contributed by atoms with Gasteiger partial charge in [0.25, 0.3) is 5.91 Å². The lowest BCUT2D eigenvalue weighted by Crippen LogP contribution is -2.16. The highest BCUT2D eigenvalue weighted by Crippen LogP contribution is 2.19. The number of aromatic nitrogens is 2. The Hall–Kier alpha value is -3.28. The molecule has 3 aromatic rings. The van der Waals surface area contributed by atoms with Crippen molar-refractivity contribution in [3.05, 3.63) is 77.5 Å². The summed E-state index contributed by atoms with van der Waals surface area (Å²) in [5, 5.41) is 5.95. The number of aryl methyl sites for hydroxylation is 2. The SMILES string of the molecule is CCc1ccccc1NC(=O)c1cc(Nc2ccc(F)cc2)nc(C)n1. The number of benzene rings is 2. The van der Waals surface area contributed by atoms with Crippen LogP contribution in [0.5, 0.6) is 0 Å². The van der Waals surface area contributed by atoms with E-state index < -0.39 is 0 Å². The minimum atomic E-state index is -0.316. The maximum atomic E-state index is 13.0. The molecule has 0 fully saturated rings. The van der Waals surface area contributed by atoms with Gasteiger partial charge in [0.15, 0.2) is 0 Å². The Morgan fingerprint density at radius 1 is 1.08 bits per heavy atom. The molecular weight excluding hydrogens is 331 g/mol. The Morgan fingerprint density at radius 2 is 1.81 bits per heavy atom. The molecule has 0 atom stereocenters. The van der Waals surface area contributed by atoms with E-state index >= 15 is 0 Å². The largest absolute Gasteiger partial charge is 0.340 e. The molecule has 0 saturated heterocycles. The fourth-order valence-electron chi connectivity index (χ4n) is 2.57. The normalized spacial score (nSPS) is 10.4. The van der Waals surface area contributed by atoms with E-state index in [0.717, 1.165) is 17.7 Å². The Balaban J connectivity index is 1.82. The molecule has 0 spiro atoms. The molecule has 6 heteroatoms. The van der Waals surface area contributed by atoms with Crippen molar-refractivity contribution in [2.45, 2.75) is 20.3 Å². The molecule has 5 nitrogen and oxygen atoms in total. The third-order valence-corrected chi connectivity index (χ3v) is 3.83. The molecule has 0 unspecified atom stereocenters. The predicted octanol–water partition coefficient (Wildman–Crippen LogP) is 4.48. The number of hydrogen-bond donors (Lipinski definition) is 2. The standard InChI is InChI=1S/C20H19FN4O/c1-3-14-6-4-5-7-17(14)25-20(26)18-12-19(23-13(2)22-18)24-16-10-8-15(21)9-11-16/h4-12H,3H2,1-2H3,(H,25,26)(H,22,23,24). The number of amides is 1. The van der Waals surface area contributed by atoms with Crippen LogP contribution in [0, 0.1) is 12.7 Å². The lowest BCUT2D eigenvalue weighted by molar-refractivity contribution is 0.102. The van der Waals surface area contributed by atoms with Gasteiger partial charge in [-0.3, -0.25) is 4.79 Å². The molecule has 1 amide bonds. The maximum absolute atomic E-state index is 13.0. The Labute approximate surface area is 151 Å². The van der Waals surface area contributed by atoms with Gasteiger partial charge in [0, 0.05) is 17.4 Å². The molecule has 2 N–H and O–H groups in total. The number of nitrogens with zero attached hydrogens (tertiary/aromatic N) is 2. The lowest BCUT2D eigenvalue weighted by Gasteiger charge is -2.11. The van der Waals surface area contributed by atoms with Gasteiger partial charge in [0.2, 0.25) is 0 Å². The molecule has 0 saturated carbocycles. The summed E-state index contributed by atoms with van der Waals surface area (Å²) >= 11 is 0. The predicted molar refractivity (Wildman–Crippen MR) is 100 cm³/mol. The van der Waals surface area contributed by atoms with Crippen LogP contribution in [0.15, 0.2) is 54.6 Å². The van der Waals surface area contributed by atoms with Gasteiger partial charge in [-0.2, -0.15) is 0 Å². The van der Waals surface area contributed by atoms with Crippen LogP contribution in [0.4, 0.5) is 21.6 Å². The second-order valence-electron chi connectivity index (χ2n) is 5.78. The summed E-state index contributed by atoms with van der Waals surface area (Å²) in [4.78, 5) is 21.1. The quantitative estimate of drug-likeness (QED) is 0.712. The van der Waals surface area contributed by atoms with E-state index in [-0.39, 0.29) is 17.4 Å². The molecular formula is C20H19FN4O. The molecule has 3 rings (SSSR count). The average Bonchev–Trinajstić information content (AvgIpc) is 2.63. The van der Waals surface area contributed by atoms with Crippen molar-refractivity contribution in [1.29, 1.82) is 0 Å². The maximum Gasteiger partial charge on any atom is 0.274 e. The molecule has 0 aliphatic carbocycles. The Bertz CT molecular complexity index is 925. The van der Waals surface area contributed by atoms with Crippen LogP contribution in [0.2, 0.25) is 0 Å². The van der Waals surface area contributed by atoms with E-state index in [1.165, 1.54) is 12.1 Å². The highest BCUT2D eigenvalue weighted by Gasteiger charge is 2.12. The van der Waals surface area contributed by atoms with Crippen molar-refractivity contribution in [1.82, 2.24) is 9.97 Å². The molecule has 0 bridgehead atoms. The highest BCUT2D eigenvalue weighted by atomic mass is 19.1. The van der Waals surface area contributed by atoms with Crippen LogP contribution in [0.25, 0.3) is 0 Å². The fraction of sp³-hybridized carbons (Fsp3) is 0.150. The van der Waals surface area contributed by atoms with Gasteiger partial charge < -0.3 is 10.6 Å². The van der Waals surface area contributed by atoms with Crippen molar-refractivity contribution < 1.29 is 9.18 Å². The lowest BCUT2D eigenvalue weighted by atomic mass is 10.1. The first-order valence-electron chi connectivity index (χ1n) is 8.32. The fourth-order valence-corrected chi connectivity index (χ4v) is 2.57. The first-order valence-corrected chi connectivity index (χ1v) is 8.32. The summed E-state index contributed by atoms with van der Waals surface area (Å²) in [7, 11) is 0. The van der Waals surface area contributed by atoms with Crippen molar-refractivity contribution >= 4 is 23.1 Å². The number of para-hydroxylation sites is 1. The first-order chi connectivity index (χ1) is 12.5. The topological polar surface area (TPSA) is 66.9 Å². The van der Waals surface area contributed by atoms with Gasteiger partial charge in [-0.25, -0.2) is 14.4 Å². The average molecular weight is 350 g/mol. The summed E-state index contributed by atoms with van der Waals surface area (Å²) < 4.78 is 13.0. The monoisotopic (exact) mass is 350 g/mol. The van der Waals surface area contributed by atoms with Crippen LogP contribution < -0.4 is 10.6 Å². The van der Waals surface area contributed by atoms with Crippen molar-refractivity contribution in [2.24, 2.45) is 0 Å². The van der Waals surface area contributed by atoms with Gasteiger partial charge in [-0.1, -0.05) is 25.1 Å². The number of anilines is 3. The summed E-state index contributed by atoms with van der Waals surface area (Å²) in [5.41, 5.74) is 2.75.